The van der Waals surface area contributed by atoms with Gasteiger partial charge >= 0.3 is 0 Å². The van der Waals surface area contributed by atoms with E-state index in [9.17, 15) is 9.18 Å². The number of ketones is 1. The lowest BCUT2D eigenvalue weighted by molar-refractivity contribution is 0.101. The molecule has 0 radical (unpaired) electrons. The van der Waals surface area contributed by atoms with E-state index in [1.807, 2.05) is 18.2 Å². The molecule has 0 atom stereocenters. The van der Waals surface area contributed by atoms with E-state index in [0.717, 1.165) is 29.9 Å². The van der Waals surface area contributed by atoms with Gasteiger partial charge in [0.05, 0.1) is 18.7 Å². The summed E-state index contributed by atoms with van der Waals surface area (Å²) in [5.74, 6) is -0.299. The first-order valence-corrected chi connectivity index (χ1v) is 8.66. The molecule has 26 heavy (non-hydrogen) atoms. The summed E-state index contributed by atoms with van der Waals surface area (Å²) >= 11 is 0. The molecule has 3 aromatic rings. The third kappa shape index (κ3) is 3.06. The topological polar surface area (TPSA) is 42.4 Å². The largest absolute Gasteiger partial charge is 0.378 e. The predicted octanol–water partition coefficient (Wildman–Crippen LogP) is 4.08. The van der Waals surface area contributed by atoms with Crippen LogP contribution in [0.5, 0.6) is 0 Å². The number of carbonyl (C=O) groups excluding carboxylic acids is 1. The van der Waals surface area contributed by atoms with Gasteiger partial charge in [-0.05, 0) is 43.3 Å². The van der Waals surface area contributed by atoms with Crippen LogP contribution < -0.4 is 4.90 Å². The van der Waals surface area contributed by atoms with E-state index >= 15 is 0 Å². The summed E-state index contributed by atoms with van der Waals surface area (Å²) in [6.45, 7) is 4.44. The number of rotatable bonds is 3. The second kappa shape index (κ2) is 6.84. The molecule has 0 aliphatic carbocycles. The molecule has 1 aromatic heterocycles. The fourth-order valence-electron chi connectivity index (χ4n) is 3.33. The van der Waals surface area contributed by atoms with Crippen molar-refractivity contribution in [2.75, 3.05) is 31.2 Å². The number of halogens is 1. The third-order valence-electron chi connectivity index (χ3n) is 4.74. The van der Waals surface area contributed by atoms with Crippen LogP contribution >= 0.6 is 0 Å². The number of Topliss-reactive ketones (excluding diaryl/α,β-unsaturated/α-hetero) is 1. The smallest absolute Gasteiger partial charge is 0.159 e. The summed E-state index contributed by atoms with van der Waals surface area (Å²) in [6, 6.07) is 12.4. The van der Waals surface area contributed by atoms with Gasteiger partial charge in [0, 0.05) is 47.1 Å². The molecule has 0 spiro atoms. The van der Waals surface area contributed by atoms with Crippen molar-refractivity contribution in [3.05, 3.63) is 60.0 Å². The van der Waals surface area contributed by atoms with Crippen molar-refractivity contribution in [2.24, 2.45) is 0 Å². The molecule has 4 rings (SSSR count). The Morgan fingerprint density at radius 2 is 1.96 bits per heavy atom. The number of nitrogens with zero attached hydrogens (tertiary/aromatic N) is 2. The highest BCUT2D eigenvalue weighted by molar-refractivity contribution is 5.97. The third-order valence-corrected chi connectivity index (χ3v) is 4.74. The summed E-state index contributed by atoms with van der Waals surface area (Å²) in [4.78, 5) is 18.5. The van der Waals surface area contributed by atoms with Gasteiger partial charge in [0.1, 0.15) is 5.82 Å². The quantitative estimate of drug-likeness (QED) is 0.668. The Bertz CT molecular complexity index is 981. The summed E-state index contributed by atoms with van der Waals surface area (Å²) in [7, 11) is 0. The van der Waals surface area contributed by atoms with Crippen molar-refractivity contribution in [3.8, 4) is 11.1 Å². The normalized spacial score (nSPS) is 14.6. The summed E-state index contributed by atoms with van der Waals surface area (Å²) in [5.41, 5.74) is 3.94. The van der Waals surface area contributed by atoms with E-state index in [1.165, 1.54) is 6.07 Å². The Morgan fingerprint density at radius 3 is 2.73 bits per heavy atom. The molecule has 2 aromatic carbocycles. The van der Waals surface area contributed by atoms with Gasteiger partial charge in [-0.1, -0.05) is 6.07 Å². The van der Waals surface area contributed by atoms with Gasteiger partial charge in [-0.3, -0.25) is 9.78 Å². The Kier molecular flexibility index (Phi) is 4.39. The Balaban J connectivity index is 1.89. The van der Waals surface area contributed by atoms with Crippen molar-refractivity contribution in [3.63, 3.8) is 0 Å². The summed E-state index contributed by atoms with van der Waals surface area (Å²) in [6.07, 6.45) is 1.74. The number of ether oxygens (including phenoxy) is 1. The predicted molar refractivity (Wildman–Crippen MR) is 100 cm³/mol. The zero-order valence-electron chi connectivity index (χ0n) is 14.5. The number of hydrogen-bond donors (Lipinski definition) is 0. The highest BCUT2D eigenvalue weighted by Gasteiger charge is 2.18. The molecular formula is C21H19FN2O2. The van der Waals surface area contributed by atoms with Crippen molar-refractivity contribution in [2.45, 2.75) is 6.92 Å². The molecule has 0 amide bonds. The number of aromatic nitrogens is 1. The van der Waals surface area contributed by atoms with Gasteiger partial charge in [-0.2, -0.15) is 0 Å². The number of pyridine rings is 1. The Hall–Kier alpha value is -2.79. The van der Waals surface area contributed by atoms with Crippen LogP contribution in [0.15, 0.2) is 48.7 Å². The molecule has 1 aliphatic rings. The van der Waals surface area contributed by atoms with Crippen LogP contribution in [0.1, 0.15) is 17.3 Å². The van der Waals surface area contributed by atoms with E-state index in [4.69, 9.17) is 4.74 Å². The molecule has 0 bridgehead atoms. The fourth-order valence-corrected chi connectivity index (χ4v) is 3.33. The van der Waals surface area contributed by atoms with E-state index < -0.39 is 0 Å². The lowest BCUT2D eigenvalue weighted by atomic mass is 9.98. The molecule has 4 nitrogen and oxygen atoms in total. The van der Waals surface area contributed by atoms with E-state index in [0.29, 0.717) is 29.7 Å². The molecule has 1 aliphatic heterocycles. The van der Waals surface area contributed by atoms with Gasteiger partial charge in [0.2, 0.25) is 0 Å². The van der Waals surface area contributed by atoms with E-state index in [1.54, 1.807) is 31.3 Å². The average Bonchev–Trinajstić information content (AvgIpc) is 2.68. The number of anilines is 1. The maximum atomic E-state index is 14.2. The van der Waals surface area contributed by atoms with Gasteiger partial charge < -0.3 is 9.64 Å². The molecule has 0 saturated carbocycles. The van der Waals surface area contributed by atoms with E-state index in [2.05, 4.69) is 9.88 Å². The summed E-state index contributed by atoms with van der Waals surface area (Å²) < 4.78 is 19.7. The molecular weight excluding hydrogens is 331 g/mol. The van der Waals surface area contributed by atoms with Crippen LogP contribution in [0, 0.1) is 5.82 Å². The molecule has 0 N–H and O–H groups in total. The van der Waals surface area contributed by atoms with Crippen LogP contribution in [0.25, 0.3) is 22.0 Å². The van der Waals surface area contributed by atoms with Crippen LogP contribution in [0.2, 0.25) is 0 Å². The second-order valence-corrected chi connectivity index (χ2v) is 6.42. The Labute approximate surface area is 151 Å². The summed E-state index contributed by atoms with van der Waals surface area (Å²) in [5, 5.41) is 0.478. The van der Waals surface area contributed by atoms with Gasteiger partial charge in [0.25, 0.3) is 0 Å². The van der Waals surface area contributed by atoms with Crippen molar-refractivity contribution in [1.29, 1.82) is 0 Å². The van der Waals surface area contributed by atoms with Crippen LogP contribution in [-0.2, 0) is 4.74 Å². The minimum Gasteiger partial charge on any atom is -0.378 e. The second-order valence-electron chi connectivity index (χ2n) is 6.42. The average molecular weight is 350 g/mol. The number of carbonyl (C=O) groups is 1. The Morgan fingerprint density at radius 1 is 1.15 bits per heavy atom. The lowest BCUT2D eigenvalue weighted by Gasteiger charge is -2.31. The van der Waals surface area contributed by atoms with Crippen LogP contribution in [-0.4, -0.2) is 37.1 Å². The highest BCUT2D eigenvalue weighted by Crippen LogP contribution is 2.34. The molecule has 1 fully saturated rings. The van der Waals surface area contributed by atoms with E-state index in [-0.39, 0.29) is 11.6 Å². The number of morpholine rings is 1. The van der Waals surface area contributed by atoms with Gasteiger partial charge in [0.15, 0.2) is 5.78 Å². The molecule has 132 valence electrons. The zero-order chi connectivity index (χ0) is 18.1. The number of fused-ring (bicyclic) bond motifs is 1. The number of benzene rings is 2. The maximum absolute atomic E-state index is 14.2. The first-order valence-electron chi connectivity index (χ1n) is 8.66. The van der Waals surface area contributed by atoms with Crippen molar-refractivity contribution < 1.29 is 13.9 Å². The highest BCUT2D eigenvalue weighted by atomic mass is 19.1. The SMILES string of the molecule is CC(=O)c1ccc(N2CCOCC2)c(-c2cnc3cccc(F)c3c2)c1. The maximum Gasteiger partial charge on any atom is 0.159 e. The fraction of sp³-hybridized carbons (Fsp3) is 0.238. The van der Waals surface area contributed by atoms with Gasteiger partial charge in [-0.25, -0.2) is 4.39 Å². The first-order chi connectivity index (χ1) is 12.6. The first kappa shape index (κ1) is 16.7. The molecule has 5 heteroatoms. The number of hydrogen-bond acceptors (Lipinski definition) is 4. The lowest BCUT2D eigenvalue weighted by Crippen LogP contribution is -2.36. The standard InChI is InChI=1S/C21H19FN2O2/c1-14(25)15-5-6-21(24-7-9-26-10-8-24)17(11-15)16-12-18-19(22)3-2-4-20(18)23-13-16/h2-6,11-13H,7-10H2,1H3. The minimum atomic E-state index is -0.299. The van der Waals surface area contributed by atoms with Gasteiger partial charge in [-0.15, -0.1) is 0 Å². The van der Waals surface area contributed by atoms with Crippen molar-refractivity contribution in [1.82, 2.24) is 4.98 Å². The molecule has 1 saturated heterocycles. The monoisotopic (exact) mass is 350 g/mol. The minimum absolute atomic E-state index is 0.000272. The van der Waals surface area contributed by atoms with Crippen LogP contribution in [0.4, 0.5) is 10.1 Å². The van der Waals surface area contributed by atoms with Crippen molar-refractivity contribution >= 4 is 22.4 Å². The molecule has 0 unspecified atom stereocenters. The molecule has 2 heterocycles. The van der Waals surface area contributed by atoms with Crippen LogP contribution in [0.3, 0.4) is 0 Å². The zero-order valence-corrected chi connectivity index (χ0v) is 14.5.